The van der Waals surface area contributed by atoms with Crippen LogP contribution in [-0.4, -0.2) is 24.0 Å². The Kier molecular flexibility index (Phi) is 4.63. The van der Waals surface area contributed by atoms with Gasteiger partial charge >= 0.3 is 5.97 Å². The number of carbonyl (C=O) groups excluding carboxylic acids is 2. The third-order valence-corrected chi connectivity index (χ3v) is 11.1. The topological polar surface area (TPSA) is 63.6 Å². The van der Waals surface area contributed by atoms with Gasteiger partial charge in [-0.05, 0) is 97.3 Å². The van der Waals surface area contributed by atoms with Crippen LogP contribution in [0.15, 0.2) is 46.8 Å². The van der Waals surface area contributed by atoms with Gasteiger partial charge in [0.05, 0.1) is 12.5 Å². The number of hydrogen-bond donors (Lipinski definition) is 1. The van der Waals surface area contributed by atoms with Crippen molar-refractivity contribution in [2.45, 2.75) is 79.6 Å². The highest BCUT2D eigenvalue weighted by molar-refractivity contribution is 6.05. The number of ether oxygens (including phenoxy) is 1. The standard InChI is InChI=1S/C29H38O4/c1-25-9-10-26(2,24(32)33-6)17-23(25)29(5)14-12-27(3)19-16-21(31)20(30)15-18(19)7-8-22(27)28(29,4)13-11-25/h7-8,15-16,23,30H,9-14,17H2,1-6H3. The lowest BCUT2D eigenvalue weighted by molar-refractivity contribution is -0.180. The van der Waals surface area contributed by atoms with Gasteiger partial charge in [0.1, 0.15) is 0 Å². The summed E-state index contributed by atoms with van der Waals surface area (Å²) in [6, 6.07) is 0. The number of aliphatic hydroxyl groups is 1. The van der Waals surface area contributed by atoms with Gasteiger partial charge in [0.15, 0.2) is 5.76 Å². The fraction of sp³-hybridized carbons (Fsp3) is 0.655. The number of methoxy groups -OCH3 is 1. The first-order valence-electron chi connectivity index (χ1n) is 12.5. The molecule has 0 aromatic rings. The number of hydrogen-bond acceptors (Lipinski definition) is 4. The van der Waals surface area contributed by atoms with Gasteiger partial charge in [-0.3, -0.25) is 9.59 Å². The predicted molar refractivity (Wildman–Crippen MR) is 128 cm³/mol. The fourth-order valence-electron chi connectivity index (χ4n) is 8.63. The van der Waals surface area contributed by atoms with Gasteiger partial charge in [0.2, 0.25) is 5.78 Å². The number of esters is 1. The number of rotatable bonds is 1. The summed E-state index contributed by atoms with van der Waals surface area (Å²) in [7, 11) is 1.52. The molecule has 0 aliphatic heterocycles. The molecular weight excluding hydrogens is 412 g/mol. The van der Waals surface area contributed by atoms with Crippen LogP contribution in [0, 0.1) is 33.0 Å². The molecule has 5 aliphatic rings. The Labute approximate surface area is 197 Å². The monoisotopic (exact) mass is 450 g/mol. The molecule has 0 radical (unpaired) electrons. The van der Waals surface area contributed by atoms with Crippen LogP contribution in [0.25, 0.3) is 0 Å². The highest BCUT2D eigenvalue weighted by Gasteiger charge is 2.67. The van der Waals surface area contributed by atoms with E-state index >= 15 is 0 Å². The largest absolute Gasteiger partial charge is 0.504 e. The van der Waals surface area contributed by atoms with Crippen LogP contribution in [-0.2, 0) is 14.3 Å². The molecule has 0 spiro atoms. The second kappa shape index (κ2) is 6.73. The molecule has 0 bridgehead atoms. The zero-order valence-electron chi connectivity index (χ0n) is 21.0. The van der Waals surface area contributed by atoms with Crippen molar-refractivity contribution in [3.8, 4) is 0 Å². The summed E-state index contributed by atoms with van der Waals surface area (Å²) in [5, 5.41) is 10.0. The van der Waals surface area contributed by atoms with Crippen LogP contribution in [0.3, 0.4) is 0 Å². The van der Waals surface area contributed by atoms with Gasteiger partial charge in [-0.25, -0.2) is 0 Å². The molecule has 0 aromatic carbocycles. The average Bonchev–Trinajstić information content (AvgIpc) is 2.77. The minimum atomic E-state index is -0.421. The molecule has 3 saturated carbocycles. The zero-order valence-corrected chi connectivity index (χ0v) is 21.0. The second-order valence-corrected chi connectivity index (χ2v) is 12.7. The van der Waals surface area contributed by atoms with Crippen molar-refractivity contribution >= 4 is 11.8 Å². The Morgan fingerprint density at radius 1 is 0.970 bits per heavy atom. The Morgan fingerprint density at radius 3 is 2.36 bits per heavy atom. The normalized spacial score (nSPS) is 46.4. The van der Waals surface area contributed by atoms with E-state index in [-0.39, 0.29) is 39.2 Å². The molecule has 0 aromatic heterocycles. The smallest absolute Gasteiger partial charge is 0.311 e. The molecule has 1 N–H and O–H groups in total. The van der Waals surface area contributed by atoms with E-state index in [0.717, 1.165) is 56.1 Å². The fourth-order valence-corrected chi connectivity index (χ4v) is 8.63. The van der Waals surface area contributed by atoms with Crippen LogP contribution >= 0.6 is 0 Å². The highest BCUT2D eigenvalue weighted by atomic mass is 16.5. The molecule has 5 rings (SSSR count). The molecule has 0 amide bonds. The number of allylic oxidation sites excluding steroid dienone is 7. The first-order valence-corrected chi connectivity index (χ1v) is 12.5. The molecule has 0 saturated heterocycles. The molecule has 0 heterocycles. The lowest BCUT2D eigenvalue weighted by Gasteiger charge is -2.70. The van der Waals surface area contributed by atoms with Gasteiger partial charge in [-0.2, -0.15) is 0 Å². The van der Waals surface area contributed by atoms with Gasteiger partial charge in [0.25, 0.3) is 0 Å². The van der Waals surface area contributed by atoms with Crippen molar-refractivity contribution in [2.24, 2.45) is 33.0 Å². The maximum absolute atomic E-state index is 12.8. The Balaban J connectivity index is 1.61. The molecule has 33 heavy (non-hydrogen) atoms. The van der Waals surface area contributed by atoms with E-state index in [1.807, 2.05) is 0 Å². The Hall–Kier alpha value is -2.10. The van der Waals surface area contributed by atoms with Gasteiger partial charge < -0.3 is 9.84 Å². The van der Waals surface area contributed by atoms with Gasteiger partial charge in [-0.1, -0.05) is 45.4 Å². The van der Waals surface area contributed by atoms with Crippen molar-refractivity contribution < 1.29 is 19.4 Å². The van der Waals surface area contributed by atoms with Crippen LogP contribution in [0.5, 0.6) is 0 Å². The summed E-state index contributed by atoms with van der Waals surface area (Å²) in [4.78, 5) is 25.2. The molecule has 4 nitrogen and oxygen atoms in total. The molecule has 4 heteroatoms. The quantitative estimate of drug-likeness (QED) is 0.470. The second-order valence-electron chi connectivity index (χ2n) is 12.7. The number of fused-ring (bicyclic) bond motifs is 7. The SMILES string of the molecule is COC(=O)C1(C)CCC2(C)CCC3(C)C4=CC=C5C=C(O)C(=O)C=C5C4(C)CCC3(C)C2C1. The molecule has 6 atom stereocenters. The van der Waals surface area contributed by atoms with Gasteiger partial charge in [0, 0.05) is 5.41 Å². The Morgan fingerprint density at radius 2 is 1.67 bits per heavy atom. The minimum absolute atomic E-state index is 0.0202. The van der Waals surface area contributed by atoms with Crippen molar-refractivity contribution in [2.75, 3.05) is 7.11 Å². The third kappa shape index (κ3) is 2.76. The number of ketones is 1. The van der Waals surface area contributed by atoms with Crippen LogP contribution < -0.4 is 0 Å². The van der Waals surface area contributed by atoms with Crippen LogP contribution in [0.1, 0.15) is 79.6 Å². The van der Waals surface area contributed by atoms with E-state index in [2.05, 4.69) is 46.8 Å². The van der Waals surface area contributed by atoms with Crippen molar-refractivity contribution in [1.29, 1.82) is 0 Å². The van der Waals surface area contributed by atoms with E-state index in [1.165, 1.54) is 12.7 Å². The molecule has 6 unspecified atom stereocenters. The third-order valence-electron chi connectivity index (χ3n) is 11.1. The maximum Gasteiger partial charge on any atom is 0.311 e. The van der Waals surface area contributed by atoms with E-state index in [1.54, 1.807) is 12.2 Å². The highest BCUT2D eigenvalue weighted by Crippen LogP contribution is 2.75. The maximum atomic E-state index is 12.8. The summed E-state index contributed by atoms with van der Waals surface area (Å²) in [6.45, 7) is 11.8. The van der Waals surface area contributed by atoms with E-state index in [0.29, 0.717) is 5.92 Å². The zero-order chi connectivity index (χ0) is 24.0. The van der Waals surface area contributed by atoms with E-state index in [9.17, 15) is 14.7 Å². The molecule has 178 valence electrons. The average molecular weight is 451 g/mol. The van der Waals surface area contributed by atoms with E-state index in [4.69, 9.17) is 4.74 Å². The predicted octanol–water partition coefficient (Wildman–Crippen LogP) is 6.40. The van der Waals surface area contributed by atoms with E-state index < -0.39 is 5.41 Å². The van der Waals surface area contributed by atoms with Crippen molar-refractivity contribution in [3.05, 3.63) is 46.8 Å². The summed E-state index contributed by atoms with van der Waals surface area (Å²) in [6.07, 6.45) is 14.8. The van der Waals surface area contributed by atoms with Crippen LogP contribution in [0.4, 0.5) is 0 Å². The summed E-state index contributed by atoms with van der Waals surface area (Å²) < 4.78 is 5.26. The first-order chi connectivity index (χ1) is 15.3. The summed E-state index contributed by atoms with van der Waals surface area (Å²) in [5.74, 6) is -0.0955. The van der Waals surface area contributed by atoms with Crippen LogP contribution in [0.2, 0.25) is 0 Å². The summed E-state index contributed by atoms with van der Waals surface area (Å²) in [5.41, 5.74) is 3.09. The molecular formula is C29H38O4. The Bertz CT molecular complexity index is 1080. The first kappa shape index (κ1) is 22.7. The molecule has 5 aliphatic carbocycles. The molecule has 3 fully saturated rings. The van der Waals surface area contributed by atoms with Crippen molar-refractivity contribution in [1.82, 2.24) is 0 Å². The number of aliphatic hydroxyl groups excluding tert-OH is 1. The summed E-state index contributed by atoms with van der Waals surface area (Å²) >= 11 is 0. The lowest BCUT2D eigenvalue weighted by Crippen LogP contribution is -2.62. The minimum Gasteiger partial charge on any atom is -0.504 e. The van der Waals surface area contributed by atoms with Crippen molar-refractivity contribution in [3.63, 3.8) is 0 Å². The number of carbonyl (C=O) groups is 2. The lowest BCUT2D eigenvalue weighted by atomic mass is 9.34. The van der Waals surface area contributed by atoms with Gasteiger partial charge in [-0.15, -0.1) is 0 Å².